The molecule has 5 rings (SSSR count). The number of amides is 2. The van der Waals surface area contributed by atoms with Crippen molar-refractivity contribution in [3.05, 3.63) is 83.7 Å². The van der Waals surface area contributed by atoms with Crippen molar-refractivity contribution in [1.29, 1.82) is 5.26 Å². The van der Waals surface area contributed by atoms with Crippen molar-refractivity contribution in [3.63, 3.8) is 0 Å². The normalized spacial score (nSPS) is 11.3. The van der Waals surface area contributed by atoms with E-state index >= 15 is 0 Å². The number of benzene rings is 2. The molecule has 0 aliphatic carbocycles. The van der Waals surface area contributed by atoms with E-state index < -0.39 is 30.2 Å². The molecule has 0 fully saturated rings. The van der Waals surface area contributed by atoms with Crippen LogP contribution in [0.4, 0.5) is 23.9 Å². The van der Waals surface area contributed by atoms with Crippen LogP contribution in [0.15, 0.2) is 67.0 Å². The fourth-order valence-electron chi connectivity index (χ4n) is 5.30. The summed E-state index contributed by atoms with van der Waals surface area (Å²) in [6.07, 6.45) is -0.813. The Morgan fingerprint density at radius 1 is 1.14 bits per heavy atom. The Bertz CT molecular complexity index is 2050. The standard InChI is InChI=1S/C32H30F3N9O3.CH2O2/c1-20-25(26-12-14-38-43(26)24-10-8-21(17-36)9-11-24)18-42-29(28(20)22-6-4-7-23(16-22)32(33,34)35)39-30(41-42)40-31(47)37-13-5-15-44(2,3)19-27(45)46;2-1-3/h4,6-12,14,16,18H,5,13,15,19H2,1-3H3,(H2-,37,40,41,45,46,47);1H,(H,2,3). The summed E-state index contributed by atoms with van der Waals surface area (Å²) >= 11 is 0. The fraction of sp³-hybridized carbons (Fsp3) is 0.242. The van der Waals surface area contributed by atoms with Gasteiger partial charge in [-0.15, -0.1) is 5.10 Å². The summed E-state index contributed by atoms with van der Waals surface area (Å²) in [5.41, 5.74) is 2.94. The summed E-state index contributed by atoms with van der Waals surface area (Å²) in [7, 11) is 3.56. The van der Waals surface area contributed by atoms with Gasteiger partial charge < -0.3 is 24.8 Å². The maximum atomic E-state index is 13.7. The number of carboxylic acids is 1. The summed E-state index contributed by atoms with van der Waals surface area (Å²) in [6.45, 7) is 1.99. The van der Waals surface area contributed by atoms with Crippen LogP contribution in [0.2, 0.25) is 0 Å². The molecule has 0 aliphatic heterocycles. The van der Waals surface area contributed by atoms with E-state index in [2.05, 4.69) is 31.9 Å². The molecule has 0 bridgehead atoms. The molecule has 0 saturated heterocycles. The van der Waals surface area contributed by atoms with E-state index in [9.17, 15) is 28.0 Å². The third kappa shape index (κ3) is 8.79. The summed E-state index contributed by atoms with van der Waals surface area (Å²) < 4.78 is 44.5. The van der Waals surface area contributed by atoms with Crippen LogP contribution in [0, 0.1) is 18.3 Å². The molecule has 3 aromatic heterocycles. The number of carbonyl (C=O) groups excluding carboxylic acids is 2. The van der Waals surface area contributed by atoms with Crippen LogP contribution in [-0.4, -0.2) is 86.2 Å². The smallest absolute Gasteiger partial charge is 0.416 e. The first-order valence-electron chi connectivity index (χ1n) is 14.9. The third-order valence-electron chi connectivity index (χ3n) is 7.54. The summed E-state index contributed by atoms with van der Waals surface area (Å²) in [4.78, 5) is 36.5. The number of anilines is 1. The molecule has 3 heterocycles. The second-order valence-electron chi connectivity index (χ2n) is 11.7. The van der Waals surface area contributed by atoms with Crippen molar-refractivity contribution in [2.45, 2.75) is 19.5 Å². The largest absolute Gasteiger partial charge is 0.554 e. The second kappa shape index (κ2) is 15.3. The Morgan fingerprint density at radius 2 is 1.84 bits per heavy atom. The number of carboxylic acid groups (broad SMARTS) is 2. The zero-order chi connectivity index (χ0) is 36.6. The van der Waals surface area contributed by atoms with Crippen molar-refractivity contribution >= 4 is 30.1 Å². The van der Waals surface area contributed by atoms with E-state index in [1.165, 1.54) is 10.6 Å². The lowest BCUT2D eigenvalue weighted by Gasteiger charge is -2.27. The lowest BCUT2D eigenvalue weighted by Crippen LogP contribution is -2.45. The Balaban J connectivity index is 0.00000181. The van der Waals surface area contributed by atoms with Crippen LogP contribution in [0.5, 0.6) is 0 Å². The molecule has 14 nitrogen and oxygen atoms in total. The topological polar surface area (TPSA) is 190 Å². The molecular weight excluding hydrogens is 659 g/mol. The number of nitrogens with one attached hydrogen (secondary N) is 2. The highest BCUT2D eigenvalue weighted by Crippen LogP contribution is 2.38. The zero-order valence-corrected chi connectivity index (χ0v) is 27.1. The van der Waals surface area contributed by atoms with Crippen molar-refractivity contribution in [2.24, 2.45) is 0 Å². The van der Waals surface area contributed by atoms with Crippen molar-refractivity contribution in [3.8, 4) is 34.1 Å². The number of quaternary nitrogens is 1. The average molecular weight is 692 g/mol. The predicted octanol–water partition coefficient (Wildman–Crippen LogP) is 3.49. The number of pyridine rings is 1. The first-order valence-corrected chi connectivity index (χ1v) is 14.9. The maximum Gasteiger partial charge on any atom is 0.416 e. The first kappa shape index (κ1) is 36.6. The second-order valence-corrected chi connectivity index (χ2v) is 11.7. The highest BCUT2D eigenvalue weighted by atomic mass is 19.4. The van der Waals surface area contributed by atoms with E-state index in [1.54, 1.807) is 74.5 Å². The minimum absolute atomic E-state index is 0.0543. The molecule has 0 radical (unpaired) electrons. The Morgan fingerprint density at radius 3 is 2.48 bits per heavy atom. The minimum atomic E-state index is -4.58. The third-order valence-corrected chi connectivity index (χ3v) is 7.54. The van der Waals surface area contributed by atoms with Crippen molar-refractivity contribution in [1.82, 2.24) is 29.7 Å². The molecule has 0 unspecified atom stereocenters. The molecule has 3 N–H and O–H groups in total. The Labute approximate surface area is 283 Å². The van der Waals surface area contributed by atoms with Gasteiger partial charge in [-0.1, -0.05) is 12.1 Å². The van der Waals surface area contributed by atoms with Crippen molar-refractivity contribution < 1.29 is 42.3 Å². The van der Waals surface area contributed by atoms with E-state index in [-0.39, 0.29) is 34.7 Å². The highest BCUT2D eigenvalue weighted by molar-refractivity contribution is 5.90. The zero-order valence-electron chi connectivity index (χ0n) is 27.1. The summed E-state index contributed by atoms with van der Waals surface area (Å²) in [5, 5.41) is 40.6. The number of alkyl halides is 3. The van der Waals surface area contributed by atoms with Gasteiger partial charge in [-0.2, -0.15) is 28.5 Å². The average Bonchev–Trinajstić information content (AvgIpc) is 3.69. The molecule has 5 aromatic rings. The number of hydrogen-bond donors (Lipinski definition) is 3. The van der Waals surface area contributed by atoms with Gasteiger partial charge >= 0.3 is 18.2 Å². The van der Waals surface area contributed by atoms with E-state index in [1.807, 2.05) is 0 Å². The summed E-state index contributed by atoms with van der Waals surface area (Å²) in [5.74, 6) is -0.991. The molecule has 0 saturated carbocycles. The van der Waals surface area contributed by atoms with Gasteiger partial charge in [-0.05, 0) is 60.5 Å². The molecular formula is C33H32F3N9O5. The van der Waals surface area contributed by atoms with Gasteiger partial charge in [0.1, 0.15) is 0 Å². The van der Waals surface area contributed by atoms with Gasteiger partial charge in [0.05, 0.1) is 55.4 Å². The van der Waals surface area contributed by atoms with Crippen LogP contribution in [0.25, 0.3) is 33.7 Å². The number of rotatable bonds is 10. The van der Waals surface area contributed by atoms with Crippen molar-refractivity contribution in [2.75, 3.05) is 39.0 Å². The lowest BCUT2D eigenvalue weighted by molar-refractivity contribution is -0.883. The SMILES string of the molecule is Cc1c(-c2ccnn2-c2ccc(C#N)cc2)cn2nc(NC(=O)NCCC[N+](C)(C)CC(=O)O)nc2c1-c1cccc(C(F)(F)F)c1.O=C[O-]. The van der Waals surface area contributed by atoms with Gasteiger partial charge in [0.15, 0.2) is 12.2 Å². The Kier molecular flexibility index (Phi) is 11.2. The number of aromatic nitrogens is 5. The van der Waals surface area contributed by atoms with Gasteiger partial charge in [0.25, 0.3) is 5.95 Å². The number of urea groups is 1. The maximum absolute atomic E-state index is 13.7. The number of fused-ring (bicyclic) bond motifs is 1. The van der Waals surface area contributed by atoms with Crippen LogP contribution in [0.1, 0.15) is 23.1 Å². The molecule has 17 heteroatoms. The van der Waals surface area contributed by atoms with Gasteiger partial charge in [0, 0.05) is 36.8 Å². The Hall–Kier alpha value is -6.28. The molecule has 0 spiro atoms. The highest BCUT2D eigenvalue weighted by Gasteiger charge is 2.31. The molecule has 2 amide bonds. The number of halogens is 3. The molecule has 0 aliphatic rings. The number of nitrogens with zero attached hydrogens (tertiary/aromatic N) is 7. The number of carbonyl (C=O) groups is 3. The molecule has 0 atom stereocenters. The lowest BCUT2D eigenvalue weighted by atomic mass is 9.95. The number of aliphatic carboxylic acids is 1. The summed E-state index contributed by atoms with van der Waals surface area (Å²) in [6, 6.07) is 14.9. The van der Waals surface area contributed by atoms with Crippen LogP contribution < -0.4 is 15.7 Å². The predicted molar refractivity (Wildman–Crippen MR) is 173 cm³/mol. The number of likely N-dealkylation sites (N-methyl/N-ethyl adjacent to an activating group) is 1. The van der Waals surface area contributed by atoms with E-state index in [0.717, 1.165) is 12.1 Å². The first-order chi connectivity index (χ1) is 23.7. The monoisotopic (exact) mass is 691 g/mol. The minimum Gasteiger partial charge on any atom is -0.554 e. The van der Waals surface area contributed by atoms with Crippen LogP contribution in [-0.2, 0) is 15.8 Å². The van der Waals surface area contributed by atoms with Gasteiger partial charge in [-0.3, -0.25) is 5.32 Å². The molecule has 260 valence electrons. The van der Waals surface area contributed by atoms with Crippen LogP contribution >= 0.6 is 0 Å². The van der Waals surface area contributed by atoms with Gasteiger partial charge in [-0.25, -0.2) is 18.8 Å². The fourth-order valence-corrected chi connectivity index (χ4v) is 5.30. The quantitative estimate of drug-likeness (QED) is 0.112. The van der Waals surface area contributed by atoms with E-state index in [0.29, 0.717) is 46.6 Å². The number of hydrogen-bond acceptors (Lipinski definition) is 8. The molecule has 50 heavy (non-hydrogen) atoms. The van der Waals surface area contributed by atoms with E-state index in [4.69, 9.17) is 15.0 Å². The number of nitriles is 1. The molecule has 2 aromatic carbocycles. The van der Waals surface area contributed by atoms with Crippen LogP contribution in [0.3, 0.4) is 0 Å². The van der Waals surface area contributed by atoms with Gasteiger partial charge in [0.2, 0.25) is 0 Å².